The van der Waals surface area contributed by atoms with Crippen LogP contribution in [0.15, 0.2) is 0 Å². The highest BCUT2D eigenvalue weighted by atomic mass is 16.1. The minimum atomic E-state index is -0.145. The third-order valence-electron chi connectivity index (χ3n) is 1.99. The Hall–Kier alpha value is -0.530. The number of rotatable bonds is 5. The predicted molar refractivity (Wildman–Crippen MR) is 47.0 cm³/mol. The fraction of sp³-hybridized carbons (Fsp3) is 0.889. The van der Waals surface area contributed by atoms with Crippen LogP contribution in [0.3, 0.4) is 0 Å². The lowest BCUT2D eigenvalue weighted by molar-refractivity contribution is -0.122. The third kappa shape index (κ3) is 4.82. The van der Waals surface area contributed by atoms with Crippen LogP contribution in [0, 0.1) is 11.8 Å². The second-order valence-corrected chi connectivity index (χ2v) is 3.48. The summed E-state index contributed by atoms with van der Waals surface area (Å²) in [6, 6.07) is 0. The zero-order chi connectivity index (χ0) is 8.85. The maximum absolute atomic E-state index is 10.8. The van der Waals surface area contributed by atoms with Crippen LogP contribution in [0.2, 0.25) is 0 Å². The molecule has 0 aliphatic heterocycles. The van der Waals surface area contributed by atoms with Crippen molar-refractivity contribution in [1.29, 1.82) is 0 Å². The van der Waals surface area contributed by atoms with Gasteiger partial charge in [0, 0.05) is 5.92 Å². The fourth-order valence-corrected chi connectivity index (χ4v) is 1.08. The Balaban J connectivity index is 3.61. The van der Waals surface area contributed by atoms with Crippen molar-refractivity contribution in [3.8, 4) is 0 Å². The SMILES string of the molecule is CC[C@@H](CCC(C)C)C(N)=O. The van der Waals surface area contributed by atoms with Crippen LogP contribution < -0.4 is 5.73 Å². The smallest absolute Gasteiger partial charge is 0.220 e. The number of primary amides is 1. The van der Waals surface area contributed by atoms with Gasteiger partial charge in [-0.1, -0.05) is 27.2 Å². The summed E-state index contributed by atoms with van der Waals surface area (Å²) in [6.45, 7) is 6.33. The summed E-state index contributed by atoms with van der Waals surface area (Å²) in [7, 11) is 0. The van der Waals surface area contributed by atoms with Crippen LogP contribution >= 0.6 is 0 Å². The molecule has 0 bridgehead atoms. The molecule has 0 aromatic carbocycles. The second-order valence-electron chi connectivity index (χ2n) is 3.48. The van der Waals surface area contributed by atoms with Gasteiger partial charge in [-0.05, 0) is 18.8 Å². The van der Waals surface area contributed by atoms with E-state index >= 15 is 0 Å². The van der Waals surface area contributed by atoms with E-state index in [1.807, 2.05) is 6.92 Å². The van der Waals surface area contributed by atoms with E-state index in [0.29, 0.717) is 5.92 Å². The number of amides is 1. The van der Waals surface area contributed by atoms with Crippen molar-refractivity contribution >= 4 is 5.91 Å². The molecule has 0 aromatic heterocycles. The van der Waals surface area contributed by atoms with E-state index < -0.39 is 0 Å². The summed E-state index contributed by atoms with van der Waals surface area (Å²) in [5, 5.41) is 0. The first-order valence-corrected chi connectivity index (χ1v) is 4.37. The molecular formula is C9H19NO. The molecule has 0 aliphatic carbocycles. The lowest BCUT2D eigenvalue weighted by Gasteiger charge is -2.11. The summed E-state index contributed by atoms with van der Waals surface area (Å²) in [6.07, 6.45) is 2.92. The predicted octanol–water partition coefficient (Wildman–Crippen LogP) is 1.93. The molecule has 0 saturated carbocycles. The Labute approximate surface area is 69.2 Å². The van der Waals surface area contributed by atoms with E-state index in [4.69, 9.17) is 5.73 Å². The van der Waals surface area contributed by atoms with Gasteiger partial charge in [0.15, 0.2) is 0 Å². The van der Waals surface area contributed by atoms with Crippen molar-refractivity contribution in [2.75, 3.05) is 0 Å². The topological polar surface area (TPSA) is 43.1 Å². The summed E-state index contributed by atoms with van der Waals surface area (Å²) in [5.74, 6) is 0.619. The molecule has 0 aliphatic rings. The highest BCUT2D eigenvalue weighted by molar-refractivity contribution is 5.76. The summed E-state index contributed by atoms with van der Waals surface area (Å²) >= 11 is 0. The Morgan fingerprint density at radius 1 is 1.36 bits per heavy atom. The molecule has 0 fully saturated rings. The Bertz CT molecular complexity index is 121. The third-order valence-corrected chi connectivity index (χ3v) is 1.99. The van der Waals surface area contributed by atoms with Crippen molar-refractivity contribution in [2.24, 2.45) is 17.6 Å². The first-order chi connectivity index (χ1) is 5.07. The quantitative estimate of drug-likeness (QED) is 0.651. The highest BCUT2D eigenvalue weighted by Gasteiger charge is 2.12. The molecule has 11 heavy (non-hydrogen) atoms. The molecule has 1 atom stereocenters. The average Bonchev–Trinajstić information content (AvgIpc) is 1.87. The standard InChI is InChI=1S/C9H19NO/c1-4-8(9(10)11)6-5-7(2)3/h7-8H,4-6H2,1-3H3,(H2,10,11)/t8-/m0/s1. The zero-order valence-electron chi connectivity index (χ0n) is 7.76. The van der Waals surface area contributed by atoms with E-state index in [1.165, 1.54) is 0 Å². The summed E-state index contributed by atoms with van der Waals surface area (Å²) < 4.78 is 0. The van der Waals surface area contributed by atoms with Crippen molar-refractivity contribution in [2.45, 2.75) is 40.0 Å². The van der Waals surface area contributed by atoms with Crippen LogP contribution in [0.5, 0.6) is 0 Å². The van der Waals surface area contributed by atoms with Gasteiger partial charge in [0.05, 0.1) is 0 Å². The van der Waals surface area contributed by atoms with E-state index in [9.17, 15) is 4.79 Å². The number of nitrogens with two attached hydrogens (primary N) is 1. The molecule has 1 amide bonds. The first kappa shape index (κ1) is 10.5. The van der Waals surface area contributed by atoms with Gasteiger partial charge < -0.3 is 5.73 Å². The molecule has 2 heteroatoms. The van der Waals surface area contributed by atoms with Gasteiger partial charge in [0.1, 0.15) is 0 Å². The molecule has 0 saturated heterocycles. The number of carbonyl (C=O) groups is 1. The second kappa shape index (κ2) is 5.16. The maximum Gasteiger partial charge on any atom is 0.220 e. The van der Waals surface area contributed by atoms with Gasteiger partial charge in [0.2, 0.25) is 5.91 Å². The highest BCUT2D eigenvalue weighted by Crippen LogP contribution is 2.14. The maximum atomic E-state index is 10.8. The Kier molecular flexibility index (Phi) is 4.92. The summed E-state index contributed by atoms with van der Waals surface area (Å²) in [4.78, 5) is 10.8. The molecule has 2 nitrogen and oxygen atoms in total. The lowest BCUT2D eigenvalue weighted by Crippen LogP contribution is -2.22. The Morgan fingerprint density at radius 3 is 2.18 bits per heavy atom. The normalized spacial score (nSPS) is 13.5. The minimum absolute atomic E-state index is 0.0948. The van der Waals surface area contributed by atoms with Crippen molar-refractivity contribution in [1.82, 2.24) is 0 Å². The van der Waals surface area contributed by atoms with Gasteiger partial charge in [0.25, 0.3) is 0 Å². The molecule has 66 valence electrons. The molecular weight excluding hydrogens is 138 g/mol. The van der Waals surface area contributed by atoms with Gasteiger partial charge in [-0.3, -0.25) is 4.79 Å². The molecule has 0 heterocycles. The molecule has 0 unspecified atom stereocenters. The van der Waals surface area contributed by atoms with Gasteiger partial charge in [-0.2, -0.15) is 0 Å². The fourth-order valence-electron chi connectivity index (χ4n) is 1.08. The average molecular weight is 157 g/mol. The van der Waals surface area contributed by atoms with Gasteiger partial charge in [-0.25, -0.2) is 0 Å². The van der Waals surface area contributed by atoms with E-state index in [-0.39, 0.29) is 11.8 Å². The van der Waals surface area contributed by atoms with Crippen molar-refractivity contribution in [3.63, 3.8) is 0 Å². The molecule has 0 spiro atoms. The zero-order valence-corrected chi connectivity index (χ0v) is 7.76. The van der Waals surface area contributed by atoms with Gasteiger partial charge in [-0.15, -0.1) is 0 Å². The monoisotopic (exact) mass is 157 g/mol. The summed E-state index contributed by atoms with van der Waals surface area (Å²) in [5.41, 5.74) is 5.19. The van der Waals surface area contributed by atoms with Gasteiger partial charge >= 0.3 is 0 Å². The number of carbonyl (C=O) groups excluding carboxylic acids is 1. The van der Waals surface area contributed by atoms with Crippen LogP contribution in [0.25, 0.3) is 0 Å². The molecule has 2 N–H and O–H groups in total. The Morgan fingerprint density at radius 2 is 1.91 bits per heavy atom. The molecule has 0 radical (unpaired) electrons. The van der Waals surface area contributed by atoms with E-state index in [0.717, 1.165) is 19.3 Å². The van der Waals surface area contributed by atoms with Crippen LogP contribution in [0.4, 0.5) is 0 Å². The van der Waals surface area contributed by atoms with Crippen molar-refractivity contribution in [3.05, 3.63) is 0 Å². The largest absolute Gasteiger partial charge is 0.369 e. The number of hydrogen-bond donors (Lipinski definition) is 1. The van der Waals surface area contributed by atoms with Crippen LogP contribution in [-0.2, 0) is 4.79 Å². The van der Waals surface area contributed by atoms with E-state index in [2.05, 4.69) is 13.8 Å². The minimum Gasteiger partial charge on any atom is -0.369 e. The van der Waals surface area contributed by atoms with Crippen LogP contribution in [-0.4, -0.2) is 5.91 Å². The van der Waals surface area contributed by atoms with Crippen LogP contribution in [0.1, 0.15) is 40.0 Å². The number of hydrogen-bond acceptors (Lipinski definition) is 1. The van der Waals surface area contributed by atoms with Crippen molar-refractivity contribution < 1.29 is 4.79 Å². The molecule has 0 rings (SSSR count). The molecule has 0 aromatic rings. The van der Waals surface area contributed by atoms with E-state index in [1.54, 1.807) is 0 Å². The first-order valence-electron chi connectivity index (χ1n) is 4.37. The lowest BCUT2D eigenvalue weighted by atomic mass is 9.95.